The van der Waals surface area contributed by atoms with Crippen LogP contribution in [0.4, 0.5) is 0 Å². The summed E-state index contributed by atoms with van der Waals surface area (Å²) in [6, 6.07) is 0. The normalized spacial score (nSPS) is 17.6. The zero-order valence-corrected chi connectivity index (χ0v) is 4.38. The van der Waals surface area contributed by atoms with Crippen LogP contribution in [0.1, 0.15) is 6.92 Å². The van der Waals surface area contributed by atoms with Crippen molar-refractivity contribution in [1.29, 1.82) is 0 Å². The highest BCUT2D eigenvalue weighted by Gasteiger charge is 2.01. The Hall–Kier alpha value is -1.12. The highest BCUT2D eigenvalue weighted by atomic mass is 16.2. The Bertz CT molecular complexity index is 169. The molecule has 0 aliphatic carbocycles. The summed E-state index contributed by atoms with van der Waals surface area (Å²) in [4.78, 5) is 10.3. The Labute approximate surface area is 47.1 Å². The summed E-state index contributed by atoms with van der Waals surface area (Å²) in [5, 5.41) is 3.39. The minimum absolute atomic E-state index is 0.398. The van der Waals surface area contributed by atoms with Gasteiger partial charge in [-0.25, -0.2) is 0 Å². The summed E-state index contributed by atoms with van der Waals surface area (Å²) in [5.74, 6) is -0.398. The molecule has 1 aliphatic rings. The lowest BCUT2D eigenvalue weighted by Crippen LogP contribution is -2.11. The molecule has 0 spiro atoms. The number of allylic oxidation sites excluding steroid dienone is 1. The van der Waals surface area contributed by atoms with Gasteiger partial charge in [-0.1, -0.05) is 0 Å². The molecule has 1 aliphatic heterocycles. The predicted molar refractivity (Wildman–Crippen MR) is 28.1 cm³/mol. The lowest BCUT2D eigenvalue weighted by molar-refractivity contribution is -0.117. The fraction of sp³-hybridized carbons (Fsp3) is 0.200. The van der Waals surface area contributed by atoms with E-state index < -0.39 is 5.91 Å². The van der Waals surface area contributed by atoms with E-state index >= 15 is 0 Å². The van der Waals surface area contributed by atoms with Gasteiger partial charge in [0, 0.05) is 0 Å². The SMILES string of the molecule is CC1=[C]C(=O)[N]N=C1. The maximum absolute atomic E-state index is 10.3. The zero-order valence-electron chi connectivity index (χ0n) is 4.38. The van der Waals surface area contributed by atoms with Crippen LogP contribution in [0.3, 0.4) is 0 Å². The average Bonchev–Trinajstić information content (AvgIpc) is 1.64. The van der Waals surface area contributed by atoms with Crippen LogP contribution in [0.2, 0.25) is 0 Å². The highest BCUT2D eigenvalue weighted by Crippen LogP contribution is 1.90. The molecule has 1 heterocycles. The number of rotatable bonds is 0. The van der Waals surface area contributed by atoms with Gasteiger partial charge < -0.3 is 0 Å². The van der Waals surface area contributed by atoms with Gasteiger partial charge in [0.05, 0.1) is 12.3 Å². The molecule has 8 heavy (non-hydrogen) atoms. The van der Waals surface area contributed by atoms with Gasteiger partial charge in [0.1, 0.15) is 0 Å². The Balaban J connectivity index is 2.77. The second kappa shape index (κ2) is 1.78. The summed E-state index contributed by atoms with van der Waals surface area (Å²) < 4.78 is 0. The van der Waals surface area contributed by atoms with E-state index in [2.05, 4.69) is 16.6 Å². The first kappa shape index (κ1) is 5.03. The lowest BCUT2D eigenvalue weighted by atomic mass is 10.3. The van der Waals surface area contributed by atoms with Crippen LogP contribution in [0.15, 0.2) is 10.7 Å². The number of carbonyl (C=O) groups is 1. The number of hydrogen-bond acceptors (Lipinski definition) is 2. The molecule has 0 saturated carbocycles. The van der Waals surface area contributed by atoms with E-state index in [-0.39, 0.29) is 0 Å². The highest BCUT2D eigenvalue weighted by molar-refractivity contribution is 5.93. The van der Waals surface area contributed by atoms with Gasteiger partial charge in [0.2, 0.25) is 0 Å². The minimum atomic E-state index is -0.398. The van der Waals surface area contributed by atoms with E-state index in [1.807, 2.05) is 0 Å². The van der Waals surface area contributed by atoms with Crippen molar-refractivity contribution < 1.29 is 4.79 Å². The van der Waals surface area contributed by atoms with Gasteiger partial charge in [-0.2, -0.15) is 5.10 Å². The van der Waals surface area contributed by atoms with Gasteiger partial charge in [-0.05, 0) is 12.5 Å². The summed E-state index contributed by atoms with van der Waals surface area (Å²) in [6.45, 7) is 1.75. The van der Waals surface area contributed by atoms with Crippen LogP contribution in [0.25, 0.3) is 0 Å². The fourth-order valence-corrected chi connectivity index (χ4v) is 0.394. The third-order valence-electron chi connectivity index (χ3n) is 0.704. The van der Waals surface area contributed by atoms with Crippen molar-refractivity contribution in [2.75, 3.05) is 0 Å². The van der Waals surface area contributed by atoms with E-state index in [9.17, 15) is 4.79 Å². The summed E-state index contributed by atoms with van der Waals surface area (Å²) in [5.41, 5.74) is 3.91. The van der Waals surface area contributed by atoms with E-state index in [0.29, 0.717) is 0 Å². The van der Waals surface area contributed by atoms with Crippen molar-refractivity contribution in [2.45, 2.75) is 6.92 Å². The quantitative estimate of drug-likeness (QED) is 0.426. The van der Waals surface area contributed by atoms with Gasteiger partial charge in [-0.15, -0.1) is 5.43 Å². The van der Waals surface area contributed by atoms with Crippen molar-refractivity contribution in [3.8, 4) is 0 Å². The van der Waals surface area contributed by atoms with Gasteiger partial charge in [-0.3, -0.25) is 4.79 Å². The smallest absolute Gasteiger partial charge is 0.265 e. The molecule has 3 nitrogen and oxygen atoms in total. The molecule has 2 radical (unpaired) electrons. The zero-order chi connectivity index (χ0) is 5.98. The largest absolute Gasteiger partial charge is 0.296 e. The van der Waals surface area contributed by atoms with Crippen LogP contribution in [-0.2, 0) is 4.79 Å². The van der Waals surface area contributed by atoms with Crippen molar-refractivity contribution in [3.63, 3.8) is 0 Å². The van der Waals surface area contributed by atoms with Gasteiger partial charge in [0.25, 0.3) is 5.91 Å². The first-order chi connectivity index (χ1) is 3.79. The predicted octanol–water partition coefficient (Wildman–Crippen LogP) is -0.134. The van der Waals surface area contributed by atoms with Crippen molar-refractivity contribution in [1.82, 2.24) is 5.43 Å². The molecule has 1 rings (SSSR count). The molecule has 0 bridgehead atoms. The van der Waals surface area contributed by atoms with Crippen LogP contribution < -0.4 is 5.43 Å². The van der Waals surface area contributed by atoms with E-state index in [1.165, 1.54) is 6.21 Å². The summed E-state index contributed by atoms with van der Waals surface area (Å²) in [6.07, 6.45) is 3.93. The van der Waals surface area contributed by atoms with Gasteiger partial charge in [0.15, 0.2) is 0 Å². The second-order valence-electron chi connectivity index (χ2n) is 1.46. The Morgan fingerprint density at radius 1 is 1.75 bits per heavy atom. The van der Waals surface area contributed by atoms with E-state index in [4.69, 9.17) is 0 Å². The van der Waals surface area contributed by atoms with Crippen molar-refractivity contribution in [3.05, 3.63) is 11.6 Å². The Kier molecular flexibility index (Phi) is 1.12. The average molecular weight is 108 g/mol. The molecule has 0 aromatic rings. The van der Waals surface area contributed by atoms with Crippen molar-refractivity contribution >= 4 is 12.1 Å². The number of carbonyl (C=O) groups excluding carboxylic acids is 1. The molecule has 1 amide bonds. The first-order valence-electron chi connectivity index (χ1n) is 2.17. The van der Waals surface area contributed by atoms with Crippen LogP contribution in [0.5, 0.6) is 0 Å². The Morgan fingerprint density at radius 2 is 2.50 bits per heavy atom. The van der Waals surface area contributed by atoms with Crippen LogP contribution in [0, 0.1) is 6.08 Å². The monoisotopic (exact) mass is 108 g/mol. The minimum Gasteiger partial charge on any atom is -0.265 e. The molecular formula is C5H4N2O. The second-order valence-corrected chi connectivity index (χ2v) is 1.46. The molecule has 40 valence electrons. The molecule has 0 atom stereocenters. The van der Waals surface area contributed by atoms with E-state index in [1.54, 1.807) is 6.92 Å². The molecular weight excluding hydrogens is 104 g/mol. The first-order valence-corrected chi connectivity index (χ1v) is 2.17. The molecule has 0 N–H and O–H groups in total. The van der Waals surface area contributed by atoms with Crippen LogP contribution >= 0.6 is 0 Å². The number of hydrogen-bond donors (Lipinski definition) is 0. The van der Waals surface area contributed by atoms with E-state index in [0.717, 1.165) is 5.57 Å². The third kappa shape index (κ3) is 0.932. The summed E-state index contributed by atoms with van der Waals surface area (Å²) in [7, 11) is 0. The maximum atomic E-state index is 10.3. The Morgan fingerprint density at radius 3 is 2.88 bits per heavy atom. The molecule has 0 saturated heterocycles. The molecule has 0 unspecified atom stereocenters. The van der Waals surface area contributed by atoms with Crippen LogP contribution in [-0.4, -0.2) is 12.1 Å². The fourth-order valence-electron chi connectivity index (χ4n) is 0.394. The standard InChI is InChI=1S/C5H4N2O/c1-4-2-5(8)7-6-3-4/h3H,1H3. The maximum Gasteiger partial charge on any atom is 0.296 e. The van der Waals surface area contributed by atoms with Gasteiger partial charge >= 0.3 is 0 Å². The summed E-state index contributed by atoms with van der Waals surface area (Å²) >= 11 is 0. The molecule has 0 aromatic carbocycles. The molecule has 0 fully saturated rings. The lowest BCUT2D eigenvalue weighted by Gasteiger charge is -1.94. The molecule has 0 aromatic heterocycles. The number of amides is 1. The number of nitrogens with zero attached hydrogens (tertiary/aromatic N) is 2. The molecule has 3 heteroatoms. The third-order valence-corrected chi connectivity index (χ3v) is 0.704. The van der Waals surface area contributed by atoms with Crippen molar-refractivity contribution in [2.24, 2.45) is 5.10 Å². The topological polar surface area (TPSA) is 43.5 Å².